The van der Waals surface area contributed by atoms with Crippen LogP contribution in [0.15, 0.2) is 0 Å². The number of carbonyl (C=O) groups is 1. The van der Waals surface area contributed by atoms with E-state index >= 15 is 0 Å². The van der Waals surface area contributed by atoms with Crippen molar-refractivity contribution in [1.29, 1.82) is 0 Å². The van der Waals surface area contributed by atoms with Gasteiger partial charge >= 0.3 is 5.97 Å². The van der Waals surface area contributed by atoms with Crippen molar-refractivity contribution in [2.75, 3.05) is 11.9 Å². The summed E-state index contributed by atoms with van der Waals surface area (Å²) in [6.45, 7) is 7.04. The van der Waals surface area contributed by atoms with Crippen LogP contribution in [0.4, 0.5) is 5.00 Å². The van der Waals surface area contributed by atoms with Gasteiger partial charge in [-0.2, -0.15) is 4.37 Å². The van der Waals surface area contributed by atoms with Gasteiger partial charge in [0, 0.05) is 6.54 Å². The fourth-order valence-corrected chi connectivity index (χ4v) is 2.90. The van der Waals surface area contributed by atoms with Crippen molar-refractivity contribution in [3.05, 3.63) is 11.3 Å². The summed E-state index contributed by atoms with van der Waals surface area (Å²) in [5.41, 5.74) is 1.29. The Bertz CT molecular complexity index is 436. The van der Waals surface area contributed by atoms with Crippen LogP contribution >= 0.6 is 11.5 Å². The molecule has 17 heavy (non-hydrogen) atoms. The van der Waals surface area contributed by atoms with Gasteiger partial charge in [0.2, 0.25) is 0 Å². The summed E-state index contributed by atoms with van der Waals surface area (Å²) in [6, 6.07) is 0. The number of aromatic nitrogens is 1. The number of nitrogens with one attached hydrogen (secondary N) is 1. The molecule has 0 aromatic carbocycles. The van der Waals surface area contributed by atoms with Crippen LogP contribution in [0.1, 0.15) is 42.7 Å². The fraction of sp³-hybridized carbons (Fsp3) is 0.667. The van der Waals surface area contributed by atoms with Crippen LogP contribution < -0.4 is 5.32 Å². The number of aryl methyl sites for hydroxylation is 1. The molecule has 1 fully saturated rings. The van der Waals surface area contributed by atoms with Crippen molar-refractivity contribution >= 4 is 22.5 Å². The summed E-state index contributed by atoms with van der Waals surface area (Å²) in [6.07, 6.45) is 2.47. The van der Waals surface area contributed by atoms with Gasteiger partial charge < -0.3 is 10.4 Å². The second-order valence-corrected chi connectivity index (χ2v) is 5.92. The molecule has 1 heterocycles. The lowest BCUT2D eigenvalue weighted by Gasteiger charge is -2.20. The molecule has 0 saturated heterocycles. The Morgan fingerprint density at radius 1 is 1.59 bits per heavy atom. The van der Waals surface area contributed by atoms with Crippen LogP contribution in [0.5, 0.6) is 0 Å². The summed E-state index contributed by atoms with van der Waals surface area (Å²) in [5.74, 6) is -0.259. The van der Waals surface area contributed by atoms with Gasteiger partial charge in [-0.05, 0) is 42.6 Å². The third-order valence-corrected chi connectivity index (χ3v) is 4.69. The van der Waals surface area contributed by atoms with E-state index in [2.05, 4.69) is 23.5 Å². The van der Waals surface area contributed by atoms with Gasteiger partial charge in [0.15, 0.2) is 0 Å². The zero-order valence-corrected chi connectivity index (χ0v) is 11.2. The number of hydrogen-bond acceptors (Lipinski definition) is 4. The van der Waals surface area contributed by atoms with E-state index in [1.165, 1.54) is 24.4 Å². The van der Waals surface area contributed by atoms with Crippen LogP contribution in [-0.2, 0) is 0 Å². The quantitative estimate of drug-likeness (QED) is 0.848. The number of aromatic carboxylic acids is 1. The zero-order chi connectivity index (χ0) is 12.6. The minimum atomic E-state index is -0.895. The maximum Gasteiger partial charge on any atom is 0.340 e. The maximum atomic E-state index is 11.1. The summed E-state index contributed by atoms with van der Waals surface area (Å²) in [5, 5.41) is 13.1. The lowest BCUT2D eigenvalue weighted by atomic mass is 9.92. The molecule has 0 unspecified atom stereocenters. The monoisotopic (exact) mass is 254 g/mol. The second-order valence-electron chi connectivity index (χ2n) is 5.15. The van der Waals surface area contributed by atoms with E-state index in [1.54, 1.807) is 6.92 Å². The molecule has 1 aliphatic carbocycles. The Labute approximate surface area is 105 Å². The van der Waals surface area contributed by atoms with E-state index in [0.717, 1.165) is 6.54 Å². The van der Waals surface area contributed by atoms with Crippen molar-refractivity contribution in [1.82, 2.24) is 4.37 Å². The van der Waals surface area contributed by atoms with E-state index in [0.29, 0.717) is 27.6 Å². The highest BCUT2D eigenvalue weighted by molar-refractivity contribution is 7.10. The maximum absolute atomic E-state index is 11.1. The molecule has 4 nitrogen and oxygen atoms in total. The highest BCUT2D eigenvalue weighted by atomic mass is 32.1. The molecule has 5 heteroatoms. The van der Waals surface area contributed by atoms with Gasteiger partial charge in [0.05, 0.1) is 5.69 Å². The Balaban J connectivity index is 2.07. The summed E-state index contributed by atoms with van der Waals surface area (Å²) in [7, 11) is 0. The fourth-order valence-electron chi connectivity index (χ4n) is 2.12. The molecule has 0 aliphatic heterocycles. The van der Waals surface area contributed by atoms with E-state index in [-0.39, 0.29) is 0 Å². The minimum Gasteiger partial charge on any atom is -0.478 e. The molecule has 0 bridgehead atoms. The van der Waals surface area contributed by atoms with Crippen LogP contribution in [0.3, 0.4) is 0 Å². The first-order chi connectivity index (χ1) is 7.96. The van der Waals surface area contributed by atoms with Crippen molar-refractivity contribution in [2.24, 2.45) is 11.3 Å². The van der Waals surface area contributed by atoms with E-state index < -0.39 is 5.97 Å². The van der Waals surface area contributed by atoms with Gasteiger partial charge in [0.1, 0.15) is 10.6 Å². The Hall–Kier alpha value is -1.10. The molecule has 94 valence electrons. The molecule has 2 N–H and O–H groups in total. The highest BCUT2D eigenvalue weighted by Gasteiger charge is 2.45. The van der Waals surface area contributed by atoms with E-state index in [1.807, 2.05) is 0 Å². The Morgan fingerprint density at radius 2 is 2.24 bits per heavy atom. The molecule has 0 atom stereocenters. The summed E-state index contributed by atoms with van der Waals surface area (Å²) in [4.78, 5) is 11.1. The number of anilines is 1. The molecule has 0 radical (unpaired) electrons. The number of hydrogen-bond donors (Lipinski definition) is 2. The molecule has 2 rings (SSSR count). The summed E-state index contributed by atoms with van der Waals surface area (Å²) < 4.78 is 4.10. The van der Waals surface area contributed by atoms with Crippen LogP contribution in [-0.4, -0.2) is 22.0 Å². The first-order valence-corrected chi connectivity index (χ1v) is 6.67. The molecule has 1 aromatic heterocycles. The predicted octanol–water partition coefficient (Wildman–Crippen LogP) is 3.00. The van der Waals surface area contributed by atoms with Crippen molar-refractivity contribution in [3.8, 4) is 0 Å². The lowest BCUT2D eigenvalue weighted by Crippen LogP contribution is -2.21. The minimum absolute atomic E-state index is 0.328. The second kappa shape index (κ2) is 4.29. The predicted molar refractivity (Wildman–Crippen MR) is 68.8 cm³/mol. The molecular weight excluding hydrogens is 236 g/mol. The average Bonchev–Trinajstić information content (AvgIpc) is 2.95. The topological polar surface area (TPSA) is 62.2 Å². The SMILES string of the molecule is Cc1nsc(NCC2(C(C)C)CC2)c1C(=O)O. The Morgan fingerprint density at radius 3 is 2.71 bits per heavy atom. The average molecular weight is 254 g/mol. The first kappa shape index (κ1) is 12.4. The van der Waals surface area contributed by atoms with Crippen LogP contribution in [0.25, 0.3) is 0 Å². The zero-order valence-electron chi connectivity index (χ0n) is 10.4. The standard InChI is InChI=1S/C12H18N2O2S/c1-7(2)12(4-5-12)6-13-10-9(11(15)16)8(3)14-17-10/h7,13H,4-6H2,1-3H3,(H,15,16). The van der Waals surface area contributed by atoms with Crippen LogP contribution in [0, 0.1) is 18.3 Å². The Kier molecular flexibility index (Phi) is 3.12. The normalized spacial score (nSPS) is 17.2. The number of carboxylic acids is 1. The molecule has 0 spiro atoms. The molecule has 1 aliphatic rings. The highest BCUT2D eigenvalue weighted by Crippen LogP contribution is 2.51. The van der Waals surface area contributed by atoms with Gasteiger partial charge in [-0.25, -0.2) is 4.79 Å². The van der Waals surface area contributed by atoms with E-state index in [9.17, 15) is 4.79 Å². The van der Waals surface area contributed by atoms with Gasteiger partial charge in [-0.1, -0.05) is 13.8 Å². The van der Waals surface area contributed by atoms with Crippen molar-refractivity contribution < 1.29 is 9.90 Å². The largest absolute Gasteiger partial charge is 0.478 e. The van der Waals surface area contributed by atoms with Gasteiger partial charge in [-0.15, -0.1) is 0 Å². The lowest BCUT2D eigenvalue weighted by molar-refractivity contribution is 0.0697. The first-order valence-electron chi connectivity index (χ1n) is 5.90. The van der Waals surface area contributed by atoms with Gasteiger partial charge in [0.25, 0.3) is 0 Å². The third-order valence-electron chi connectivity index (χ3n) is 3.79. The number of carboxylic acid groups (broad SMARTS) is 1. The molecule has 1 aromatic rings. The smallest absolute Gasteiger partial charge is 0.340 e. The number of rotatable bonds is 5. The van der Waals surface area contributed by atoms with E-state index in [4.69, 9.17) is 5.11 Å². The van der Waals surface area contributed by atoms with Gasteiger partial charge in [-0.3, -0.25) is 0 Å². The third kappa shape index (κ3) is 2.29. The number of nitrogens with zero attached hydrogens (tertiary/aromatic N) is 1. The van der Waals surface area contributed by atoms with Crippen LogP contribution in [0.2, 0.25) is 0 Å². The van der Waals surface area contributed by atoms with Crippen molar-refractivity contribution in [2.45, 2.75) is 33.6 Å². The molecule has 0 amide bonds. The molecule has 1 saturated carbocycles. The summed E-state index contributed by atoms with van der Waals surface area (Å²) >= 11 is 1.24. The molecular formula is C12H18N2O2S. The van der Waals surface area contributed by atoms with Crippen molar-refractivity contribution in [3.63, 3.8) is 0 Å².